The molecule has 1 amide bonds. The van der Waals surface area contributed by atoms with Crippen LogP contribution >= 0.6 is 11.6 Å². The van der Waals surface area contributed by atoms with Gasteiger partial charge in [-0.1, -0.05) is 23.7 Å². The number of halogens is 1. The first-order chi connectivity index (χ1) is 11.9. The second-order valence-corrected chi connectivity index (χ2v) is 9.14. The Balaban J connectivity index is 1.64. The van der Waals surface area contributed by atoms with Crippen molar-refractivity contribution in [2.24, 2.45) is 5.92 Å². The number of rotatable bonds is 6. The van der Waals surface area contributed by atoms with Crippen molar-refractivity contribution in [2.45, 2.75) is 18.9 Å². The van der Waals surface area contributed by atoms with Gasteiger partial charge in [-0.3, -0.25) is 4.79 Å². The quantitative estimate of drug-likeness (QED) is 0.837. The number of benzene rings is 1. The molecule has 25 heavy (non-hydrogen) atoms. The maximum Gasteiger partial charge on any atom is 0.222 e. The molecule has 0 unspecified atom stereocenters. The molecule has 134 valence electrons. The van der Waals surface area contributed by atoms with Crippen LogP contribution in [0.2, 0.25) is 5.02 Å². The smallest absolute Gasteiger partial charge is 0.222 e. The average Bonchev–Trinajstić information content (AvgIpc) is 3.21. The van der Waals surface area contributed by atoms with Gasteiger partial charge in [0.1, 0.15) is 0 Å². The van der Waals surface area contributed by atoms with Gasteiger partial charge in [0.15, 0.2) is 9.84 Å². The van der Waals surface area contributed by atoms with Crippen LogP contribution in [0.25, 0.3) is 0 Å². The summed E-state index contributed by atoms with van der Waals surface area (Å²) in [5.74, 6) is 0.336. The second kappa shape index (κ2) is 7.62. The highest BCUT2D eigenvalue weighted by Crippen LogP contribution is 2.24. The van der Waals surface area contributed by atoms with Crippen LogP contribution in [0.1, 0.15) is 24.4 Å². The van der Waals surface area contributed by atoms with Crippen LogP contribution in [-0.2, 0) is 14.6 Å². The summed E-state index contributed by atoms with van der Waals surface area (Å²) in [6.45, 7) is 0.414. The van der Waals surface area contributed by atoms with E-state index in [1.54, 1.807) is 0 Å². The molecular weight excluding hydrogens is 360 g/mol. The minimum absolute atomic E-state index is 0.0227. The van der Waals surface area contributed by atoms with Crippen molar-refractivity contribution in [1.82, 2.24) is 9.88 Å². The molecule has 2 atom stereocenters. The van der Waals surface area contributed by atoms with E-state index in [0.29, 0.717) is 18.0 Å². The molecule has 2 aromatic rings. The number of carbonyl (C=O) groups is 1. The van der Waals surface area contributed by atoms with E-state index in [-0.39, 0.29) is 35.8 Å². The molecule has 1 aliphatic heterocycles. The standard InChI is InChI=1S/C18H21ClN2O3S/c19-16-5-3-15(4-6-16)17(21-8-1-2-9-21)11-18(22)20-12-14-7-10-25(23,24)13-14/h1-6,8-9,14,17H,7,10-13H2,(H,20,22)/t14-,17+/m1/s1. The van der Waals surface area contributed by atoms with Crippen LogP contribution < -0.4 is 5.32 Å². The molecule has 3 rings (SSSR count). The van der Waals surface area contributed by atoms with Crippen LogP contribution in [0.5, 0.6) is 0 Å². The minimum atomic E-state index is -2.92. The Morgan fingerprint density at radius 1 is 1.24 bits per heavy atom. The zero-order chi connectivity index (χ0) is 17.9. The van der Waals surface area contributed by atoms with Crippen molar-refractivity contribution in [3.8, 4) is 0 Å². The molecule has 1 N–H and O–H groups in total. The molecule has 0 radical (unpaired) electrons. The van der Waals surface area contributed by atoms with Gasteiger partial charge >= 0.3 is 0 Å². The van der Waals surface area contributed by atoms with Gasteiger partial charge in [-0.25, -0.2) is 8.42 Å². The predicted octanol–water partition coefficient (Wildman–Crippen LogP) is 2.67. The summed E-state index contributed by atoms with van der Waals surface area (Å²) in [7, 11) is -2.92. The van der Waals surface area contributed by atoms with E-state index in [2.05, 4.69) is 5.32 Å². The van der Waals surface area contributed by atoms with E-state index in [4.69, 9.17) is 11.6 Å². The van der Waals surface area contributed by atoms with Gasteiger partial charge in [0, 0.05) is 24.0 Å². The number of sulfone groups is 1. The van der Waals surface area contributed by atoms with Crippen molar-refractivity contribution in [1.29, 1.82) is 0 Å². The number of amides is 1. The Morgan fingerprint density at radius 3 is 2.52 bits per heavy atom. The van der Waals surface area contributed by atoms with E-state index < -0.39 is 9.84 Å². The molecule has 1 aliphatic rings. The summed E-state index contributed by atoms with van der Waals surface area (Å²) in [6, 6.07) is 11.2. The number of nitrogens with one attached hydrogen (secondary N) is 1. The number of aromatic nitrogens is 1. The maximum absolute atomic E-state index is 12.4. The molecule has 1 aromatic carbocycles. The van der Waals surface area contributed by atoms with Gasteiger partial charge in [0.2, 0.25) is 5.91 Å². The molecule has 1 fully saturated rings. The Morgan fingerprint density at radius 2 is 1.92 bits per heavy atom. The van der Waals surface area contributed by atoms with Crippen LogP contribution in [0.15, 0.2) is 48.8 Å². The number of hydrogen-bond donors (Lipinski definition) is 1. The van der Waals surface area contributed by atoms with Gasteiger partial charge in [-0.05, 0) is 42.2 Å². The first kappa shape index (κ1) is 18.0. The van der Waals surface area contributed by atoms with E-state index in [9.17, 15) is 13.2 Å². The second-order valence-electron chi connectivity index (χ2n) is 6.47. The monoisotopic (exact) mass is 380 g/mol. The van der Waals surface area contributed by atoms with Gasteiger partial charge in [0.25, 0.3) is 0 Å². The maximum atomic E-state index is 12.4. The lowest BCUT2D eigenvalue weighted by Gasteiger charge is -2.20. The Kier molecular flexibility index (Phi) is 5.49. The van der Waals surface area contributed by atoms with Crippen molar-refractivity contribution in [3.05, 3.63) is 59.4 Å². The minimum Gasteiger partial charge on any atom is -0.356 e. The predicted molar refractivity (Wildman–Crippen MR) is 98.4 cm³/mol. The van der Waals surface area contributed by atoms with Crippen molar-refractivity contribution in [3.63, 3.8) is 0 Å². The van der Waals surface area contributed by atoms with Crippen LogP contribution in [-0.4, -0.2) is 36.9 Å². The van der Waals surface area contributed by atoms with Gasteiger partial charge in [0.05, 0.1) is 24.0 Å². The summed E-state index contributed by atoms with van der Waals surface area (Å²) >= 11 is 5.96. The molecule has 0 bridgehead atoms. The van der Waals surface area contributed by atoms with Crippen LogP contribution in [0, 0.1) is 5.92 Å². The highest BCUT2D eigenvalue weighted by atomic mass is 35.5. The summed E-state index contributed by atoms with van der Waals surface area (Å²) in [6.07, 6.45) is 4.77. The Labute approximate surface area is 152 Å². The number of hydrogen-bond acceptors (Lipinski definition) is 3. The SMILES string of the molecule is O=C(C[C@@H](c1ccc(Cl)cc1)n1cccc1)NC[C@H]1CCS(=O)(=O)C1. The fourth-order valence-corrected chi connectivity index (χ4v) is 5.16. The summed E-state index contributed by atoms with van der Waals surface area (Å²) in [5, 5.41) is 3.55. The van der Waals surface area contributed by atoms with Gasteiger partial charge in [-0.2, -0.15) is 0 Å². The fourth-order valence-electron chi connectivity index (χ4n) is 3.17. The van der Waals surface area contributed by atoms with E-state index in [1.165, 1.54) is 0 Å². The largest absolute Gasteiger partial charge is 0.356 e. The first-order valence-electron chi connectivity index (χ1n) is 8.28. The van der Waals surface area contributed by atoms with E-state index >= 15 is 0 Å². The van der Waals surface area contributed by atoms with Crippen molar-refractivity contribution in [2.75, 3.05) is 18.1 Å². The molecule has 0 aliphatic carbocycles. The molecule has 0 spiro atoms. The van der Waals surface area contributed by atoms with E-state index in [1.807, 2.05) is 53.4 Å². The fraction of sp³-hybridized carbons (Fsp3) is 0.389. The molecule has 7 heteroatoms. The third-order valence-electron chi connectivity index (χ3n) is 4.54. The molecule has 0 saturated carbocycles. The Hall–Kier alpha value is -1.79. The highest BCUT2D eigenvalue weighted by Gasteiger charge is 2.28. The number of nitrogens with zero attached hydrogens (tertiary/aromatic N) is 1. The zero-order valence-electron chi connectivity index (χ0n) is 13.8. The zero-order valence-corrected chi connectivity index (χ0v) is 15.3. The molecular formula is C18H21ClN2O3S. The van der Waals surface area contributed by atoms with Gasteiger partial charge in [-0.15, -0.1) is 0 Å². The molecule has 5 nitrogen and oxygen atoms in total. The summed E-state index contributed by atoms with van der Waals surface area (Å²) in [4.78, 5) is 12.4. The highest BCUT2D eigenvalue weighted by molar-refractivity contribution is 7.91. The van der Waals surface area contributed by atoms with Crippen LogP contribution in [0.3, 0.4) is 0 Å². The van der Waals surface area contributed by atoms with Crippen LogP contribution in [0.4, 0.5) is 0 Å². The number of carbonyl (C=O) groups excluding carboxylic acids is 1. The van der Waals surface area contributed by atoms with E-state index in [0.717, 1.165) is 5.56 Å². The molecule has 1 aromatic heterocycles. The van der Waals surface area contributed by atoms with Crippen molar-refractivity contribution >= 4 is 27.3 Å². The third-order valence-corrected chi connectivity index (χ3v) is 6.62. The topological polar surface area (TPSA) is 68.2 Å². The van der Waals surface area contributed by atoms with Gasteiger partial charge < -0.3 is 9.88 Å². The average molecular weight is 381 g/mol. The van der Waals surface area contributed by atoms with Crippen molar-refractivity contribution < 1.29 is 13.2 Å². The summed E-state index contributed by atoms with van der Waals surface area (Å²) in [5.41, 5.74) is 0.999. The lowest BCUT2D eigenvalue weighted by Crippen LogP contribution is -2.31. The molecule has 1 saturated heterocycles. The lowest BCUT2D eigenvalue weighted by molar-refractivity contribution is -0.121. The lowest BCUT2D eigenvalue weighted by atomic mass is 10.0. The first-order valence-corrected chi connectivity index (χ1v) is 10.5. The summed E-state index contributed by atoms with van der Waals surface area (Å²) < 4.78 is 25.0. The Bertz CT molecular complexity index is 817. The molecule has 2 heterocycles. The third kappa shape index (κ3) is 4.86. The normalized spacial score (nSPS) is 20.3.